The molecule has 0 rings (SSSR count). The SMILES string of the molecule is Cl.Cl.Cl.N.[Cl][Al]([Cl])[Cl].[NH]=[AlH]. The van der Waals surface area contributed by atoms with E-state index in [0.29, 0.717) is 0 Å². The third-order valence-corrected chi connectivity index (χ3v) is 0. The minimum atomic E-state index is -1.72. The molecular formula is H8Al2Cl6N2. The Hall–Kier alpha value is 2.56. The van der Waals surface area contributed by atoms with E-state index in [1.807, 2.05) is 0 Å². The molecule has 10 heteroatoms. The molecule has 0 aliphatic rings. The van der Waals surface area contributed by atoms with Crippen LogP contribution >= 0.6 is 67.4 Å². The van der Waals surface area contributed by atoms with E-state index in [0.717, 1.165) is 16.1 Å². The van der Waals surface area contributed by atoms with Crippen LogP contribution in [0.15, 0.2) is 0 Å². The van der Waals surface area contributed by atoms with E-state index in [-0.39, 0.29) is 43.4 Å². The zero-order chi connectivity index (χ0) is 5.58. The van der Waals surface area contributed by atoms with Crippen molar-refractivity contribution in [3.63, 3.8) is 0 Å². The number of rotatable bonds is 0. The van der Waals surface area contributed by atoms with Gasteiger partial charge in [-0.2, -0.15) is 0 Å². The molecule has 0 fully saturated rings. The van der Waals surface area contributed by atoms with Gasteiger partial charge in [0.2, 0.25) is 0 Å². The van der Waals surface area contributed by atoms with E-state index in [1.165, 1.54) is 0 Å². The zero-order valence-corrected chi connectivity index (χ0v) is 12.1. The van der Waals surface area contributed by atoms with Gasteiger partial charge in [-0.05, 0) is 0 Å². The minimum absolute atomic E-state index is 0. The van der Waals surface area contributed by atoms with Gasteiger partial charge in [0.25, 0.3) is 0 Å². The van der Waals surface area contributed by atoms with Gasteiger partial charge in [-0.3, -0.25) is 0 Å². The topological polar surface area (TPSA) is 58.9 Å². The van der Waals surface area contributed by atoms with Crippen molar-refractivity contribution < 1.29 is 0 Å². The summed E-state index contributed by atoms with van der Waals surface area (Å²) in [5.41, 5.74) is 0. The fourth-order valence-electron chi connectivity index (χ4n) is 0. The van der Waals surface area contributed by atoms with E-state index in [4.69, 9.17) is 34.5 Å². The fourth-order valence-corrected chi connectivity index (χ4v) is 0. The molecule has 66 valence electrons. The molecule has 0 saturated carbocycles. The van der Waals surface area contributed by atoms with Crippen molar-refractivity contribution in [2.45, 2.75) is 0 Å². The molecule has 0 aromatic carbocycles. The molecule has 0 atom stereocenters. The first kappa shape index (κ1) is 39.0. The summed E-state index contributed by atoms with van der Waals surface area (Å²) in [6, 6.07) is 0. The van der Waals surface area contributed by atoms with Crippen molar-refractivity contribution in [3.8, 4) is 0 Å². The first-order chi connectivity index (χ1) is 2.73. The number of hydrogen-bond acceptors (Lipinski definition) is 2. The van der Waals surface area contributed by atoms with E-state index >= 15 is 0 Å². The van der Waals surface area contributed by atoms with Crippen LogP contribution in [0.2, 0.25) is 0 Å². The molecule has 2 nitrogen and oxygen atoms in total. The van der Waals surface area contributed by atoms with Crippen LogP contribution in [0.25, 0.3) is 0 Å². The van der Waals surface area contributed by atoms with Crippen LogP contribution in [0.1, 0.15) is 0 Å². The Balaban J connectivity index is -0.00000000625. The first-order valence-electron chi connectivity index (χ1n) is 1.01. The van der Waals surface area contributed by atoms with Crippen LogP contribution in [0.5, 0.6) is 0 Å². The third kappa shape index (κ3) is 147. The molecule has 4 N–H and O–H groups in total. The van der Waals surface area contributed by atoms with Crippen molar-refractivity contribution >= 4 is 94.8 Å². The maximum atomic E-state index is 5.78. The fraction of sp³-hybridized carbons (Fsp3) is 0. The second kappa shape index (κ2) is 41.7. The third-order valence-electron chi connectivity index (χ3n) is 0. The Bertz CT molecular complexity index is 25.0. The summed E-state index contributed by atoms with van der Waals surface area (Å²) >= 11 is -0.611. The number of halogens is 6. The summed E-state index contributed by atoms with van der Waals surface area (Å²) in [7, 11) is 14.8. The standard InChI is InChI=1S/2Al.6ClH.H3N.HN.H/h;;6*1H;1H3;1H;/q;+3;;;;;;;;;/p-3. The van der Waals surface area contributed by atoms with Gasteiger partial charge in [0.1, 0.15) is 0 Å². The Morgan fingerprint density at radius 2 is 0.900 bits per heavy atom. The van der Waals surface area contributed by atoms with E-state index in [1.54, 1.807) is 0 Å². The van der Waals surface area contributed by atoms with Gasteiger partial charge in [0, 0.05) is 0 Å². The van der Waals surface area contributed by atoms with Gasteiger partial charge in [-0.15, -0.1) is 37.2 Å². The Kier molecular flexibility index (Phi) is 163. The number of hydrogen-bond donors (Lipinski definition) is 2. The molecular weight excluding hydrogens is 295 g/mol. The predicted molar refractivity (Wildman–Crippen MR) is 59.9 cm³/mol. The van der Waals surface area contributed by atoms with Crippen LogP contribution in [0, 0.1) is 4.35 Å². The van der Waals surface area contributed by atoms with Crippen LogP contribution in [-0.4, -0.2) is 27.5 Å². The van der Waals surface area contributed by atoms with Crippen LogP contribution in [-0.2, 0) is 0 Å². The average Bonchev–Trinajstić information content (AvgIpc) is 1.41. The van der Waals surface area contributed by atoms with Crippen molar-refractivity contribution in [3.05, 3.63) is 0 Å². The molecule has 10 heavy (non-hydrogen) atoms. The predicted octanol–water partition coefficient (Wildman–Crippen LogP) is 2.76. The summed E-state index contributed by atoms with van der Waals surface area (Å²) in [5, 5.41) is 0. The first-order valence-corrected chi connectivity index (χ1v) is 6.95. The maximum absolute atomic E-state index is 5.78. The van der Waals surface area contributed by atoms with Crippen molar-refractivity contribution in [2.75, 3.05) is 0 Å². The summed E-state index contributed by atoms with van der Waals surface area (Å²) in [6.45, 7) is 0. The molecule has 0 aliphatic carbocycles. The van der Waals surface area contributed by atoms with Crippen LogP contribution < -0.4 is 6.15 Å². The summed E-state index contributed by atoms with van der Waals surface area (Å²) in [4.78, 5) is 0. The van der Waals surface area contributed by atoms with Gasteiger partial charge in [-0.25, -0.2) is 30.1 Å². The van der Waals surface area contributed by atoms with Gasteiger partial charge in [0.15, 0.2) is 0 Å². The van der Waals surface area contributed by atoms with Gasteiger partial charge in [0.05, 0.1) is 0 Å². The second-order valence-electron chi connectivity index (χ2n) is 0.247. The quantitative estimate of drug-likeness (QED) is 0.664. The number of nitrogens with one attached hydrogen (secondary N) is 1. The van der Waals surface area contributed by atoms with E-state index < -0.39 is 11.4 Å². The van der Waals surface area contributed by atoms with Crippen LogP contribution in [0.4, 0.5) is 0 Å². The van der Waals surface area contributed by atoms with Gasteiger partial charge < -0.3 is 6.15 Å². The molecule has 0 unspecified atom stereocenters. The van der Waals surface area contributed by atoms with E-state index in [9.17, 15) is 0 Å². The van der Waals surface area contributed by atoms with Crippen LogP contribution in [0.3, 0.4) is 0 Å². The Morgan fingerprint density at radius 3 is 0.900 bits per heavy atom. The zero-order valence-electron chi connectivity index (χ0n) is 4.85. The van der Waals surface area contributed by atoms with Crippen molar-refractivity contribution in [1.29, 1.82) is 4.35 Å². The summed E-state index contributed by atoms with van der Waals surface area (Å²) in [6.07, 6.45) is 0. The molecule has 0 aliphatic heterocycles. The summed E-state index contributed by atoms with van der Waals surface area (Å²) in [5.74, 6) is 0. The molecule has 0 heterocycles. The second-order valence-corrected chi connectivity index (χ2v) is 6.68. The molecule has 0 aromatic rings. The molecule has 0 amide bonds. The molecule has 0 spiro atoms. The Morgan fingerprint density at radius 1 is 0.900 bits per heavy atom. The molecule has 0 bridgehead atoms. The van der Waals surface area contributed by atoms with Crippen molar-refractivity contribution in [1.82, 2.24) is 6.15 Å². The average molecular weight is 303 g/mol. The van der Waals surface area contributed by atoms with Crippen molar-refractivity contribution in [2.24, 2.45) is 0 Å². The Labute approximate surface area is 104 Å². The van der Waals surface area contributed by atoms with E-state index in [2.05, 4.69) is 0 Å². The molecule has 0 radical (unpaired) electrons. The summed E-state index contributed by atoms with van der Waals surface area (Å²) < 4.78 is 5.78. The monoisotopic (exact) mass is 300 g/mol. The van der Waals surface area contributed by atoms with Gasteiger partial charge in [-0.1, -0.05) is 0 Å². The molecule has 0 saturated heterocycles. The van der Waals surface area contributed by atoms with Gasteiger partial charge >= 0.3 is 31.8 Å². The normalized spacial score (nSPS) is 3.00. The molecule has 0 aromatic heterocycles.